The molecule has 3 rings (SSSR count). The van der Waals surface area contributed by atoms with Crippen LogP contribution in [0.1, 0.15) is 48.0 Å². The molecular weight excluding hydrogens is 314 g/mol. The van der Waals surface area contributed by atoms with Crippen molar-refractivity contribution in [1.82, 2.24) is 9.80 Å². The number of hydrogen-bond acceptors (Lipinski definition) is 3. The van der Waals surface area contributed by atoms with Gasteiger partial charge >= 0.3 is 0 Å². The molecule has 2 amide bonds. The lowest BCUT2D eigenvalue weighted by Gasteiger charge is -2.23. The van der Waals surface area contributed by atoms with Crippen molar-refractivity contribution in [3.63, 3.8) is 0 Å². The van der Waals surface area contributed by atoms with Crippen LogP contribution in [0.2, 0.25) is 0 Å². The van der Waals surface area contributed by atoms with Gasteiger partial charge in [0.15, 0.2) is 0 Å². The third kappa shape index (κ3) is 5.05. The summed E-state index contributed by atoms with van der Waals surface area (Å²) in [5.41, 5.74) is 7.04. The lowest BCUT2D eigenvalue weighted by molar-refractivity contribution is -0.131. The monoisotopic (exact) mass is 343 g/mol. The maximum Gasteiger partial charge on any atom is 0.248 e. The van der Waals surface area contributed by atoms with Crippen LogP contribution in [0.5, 0.6) is 0 Å². The van der Waals surface area contributed by atoms with Crippen LogP contribution >= 0.6 is 0 Å². The number of likely N-dealkylation sites (tertiary alicyclic amines) is 2. The summed E-state index contributed by atoms with van der Waals surface area (Å²) in [4.78, 5) is 28.2. The first kappa shape index (κ1) is 17.9. The zero-order chi connectivity index (χ0) is 17.6. The van der Waals surface area contributed by atoms with E-state index in [0.717, 1.165) is 44.6 Å². The SMILES string of the molecule is NC(=O)c1cccc(C[C@@H]2CCN(C(=O)CN3CCCCCC3)C2)c1. The summed E-state index contributed by atoms with van der Waals surface area (Å²) < 4.78 is 0. The van der Waals surface area contributed by atoms with Gasteiger partial charge in [-0.15, -0.1) is 0 Å². The van der Waals surface area contributed by atoms with Crippen LogP contribution < -0.4 is 5.73 Å². The minimum atomic E-state index is -0.387. The highest BCUT2D eigenvalue weighted by atomic mass is 16.2. The van der Waals surface area contributed by atoms with Gasteiger partial charge in [-0.05, 0) is 62.4 Å². The van der Waals surface area contributed by atoms with Crippen molar-refractivity contribution >= 4 is 11.8 Å². The molecule has 0 saturated carbocycles. The molecule has 0 aromatic heterocycles. The predicted octanol–water partition coefficient (Wildman–Crippen LogP) is 2.05. The van der Waals surface area contributed by atoms with Crippen molar-refractivity contribution in [3.8, 4) is 0 Å². The van der Waals surface area contributed by atoms with E-state index in [2.05, 4.69) is 4.90 Å². The second-order valence-corrected chi connectivity index (χ2v) is 7.45. The van der Waals surface area contributed by atoms with Gasteiger partial charge in [0, 0.05) is 18.7 Å². The summed E-state index contributed by atoms with van der Waals surface area (Å²) in [7, 11) is 0. The summed E-state index contributed by atoms with van der Waals surface area (Å²) in [6.45, 7) is 4.37. The molecule has 0 unspecified atom stereocenters. The van der Waals surface area contributed by atoms with Crippen molar-refractivity contribution in [1.29, 1.82) is 0 Å². The van der Waals surface area contributed by atoms with E-state index in [4.69, 9.17) is 5.73 Å². The van der Waals surface area contributed by atoms with Crippen molar-refractivity contribution in [2.24, 2.45) is 11.7 Å². The van der Waals surface area contributed by atoms with Gasteiger partial charge in [-0.2, -0.15) is 0 Å². The van der Waals surface area contributed by atoms with Gasteiger partial charge in [0.2, 0.25) is 11.8 Å². The van der Waals surface area contributed by atoms with Crippen LogP contribution in [0, 0.1) is 5.92 Å². The van der Waals surface area contributed by atoms with Gasteiger partial charge in [0.05, 0.1) is 6.54 Å². The summed E-state index contributed by atoms with van der Waals surface area (Å²) in [6, 6.07) is 7.54. The Morgan fingerprint density at radius 1 is 1.08 bits per heavy atom. The van der Waals surface area contributed by atoms with E-state index in [1.807, 2.05) is 23.1 Å². The average molecular weight is 343 g/mol. The molecule has 0 spiro atoms. The Morgan fingerprint density at radius 2 is 1.84 bits per heavy atom. The van der Waals surface area contributed by atoms with Crippen molar-refractivity contribution in [2.75, 3.05) is 32.7 Å². The molecule has 2 fully saturated rings. The number of nitrogens with two attached hydrogens (primary N) is 1. The molecule has 136 valence electrons. The van der Waals surface area contributed by atoms with Gasteiger partial charge in [0.25, 0.3) is 0 Å². The summed E-state index contributed by atoms with van der Waals surface area (Å²) in [5.74, 6) is 0.356. The predicted molar refractivity (Wildman–Crippen MR) is 98.3 cm³/mol. The molecular formula is C20H29N3O2. The molecule has 2 N–H and O–H groups in total. The van der Waals surface area contributed by atoms with E-state index in [1.54, 1.807) is 6.07 Å². The topological polar surface area (TPSA) is 66.6 Å². The average Bonchev–Trinajstić information content (AvgIpc) is 2.91. The number of rotatable bonds is 5. The molecule has 2 aliphatic heterocycles. The Morgan fingerprint density at radius 3 is 2.56 bits per heavy atom. The van der Waals surface area contributed by atoms with Crippen molar-refractivity contribution < 1.29 is 9.59 Å². The highest BCUT2D eigenvalue weighted by Crippen LogP contribution is 2.22. The van der Waals surface area contributed by atoms with Crippen LogP contribution in [0.3, 0.4) is 0 Å². The first-order chi connectivity index (χ1) is 12.1. The van der Waals surface area contributed by atoms with Crippen LogP contribution in [-0.2, 0) is 11.2 Å². The molecule has 2 saturated heterocycles. The van der Waals surface area contributed by atoms with Crippen LogP contribution in [0.15, 0.2) is 24.3 Å². The smallest absolute Gasteiger partial charge is 0.248 e. The number of amides is 2. The van der Waals surface area contributed by atoms with Gasteiger partial charge in [-0.1, -0.05) is 25.0 Å². The summed E-state index contributed by atoms with van der Waals surface area (Å²) in [5, 5.41) is 0. The normalized spacial score (nSPS) is 21.9. The second-order valence-electron chi connectivity index (χ2n) is 7.45. The molecule has 0 aliphatic carbocycles. The Balaban J connectivity index is 1.50. The first-order valence-corrected chi connectivity index (χ1v) is 9.50. The fourth-order valence-corrected chi connectivity index (χ4v) is 4.00. The number of hydrogen-bond donors (Lipinski definition) is 1. The molecule has 0 radical (unpaired) electrons. The van der Waals surface area contributed by atoms with E-state index in [-0.39, 0.29) is 11.8 Å². The van der Waals surface area contributed by atoms with Crippen molar-refractivity contribution in [3.05, 3.63) is 35.4 Å². The molecule has 25 heavy (non-hydrogen) atoms. The van der Waals surface area contributed by atoms with Crippen LogP contribution in [-0.4, -0.2) is 54.3 Å². The van der Waals surface area contributed by atoms with E-state index >= 15 is 0 Å². The summed E-state index contributed by atoms with van der Waals surface area (Å²) in [6.07, 6.45) is 6.95. The third-order valence-electron chi connectivity index (χ3n) is 5.43. The highest BCUT2D eigenvalue weighted by Gasteiger charge is 2.27. The Kier molecular flexibility index (Phi) is 6.08. The molecule has 5 heteroatoms. The number of nitrogens with zero attached hydrogens (tertiary/aromatic N) is 2. The Bertz CT molecular complexity index is 609. The number of carbonyl (C=O) groups is 2. The lowest BCUT2D eigenvalue weighted by atomic mass is 9.97. The molecule has 2 heterocycles. The molecule has 2 aliphatic rings. The lowest BCUT2D eigenvalue weighted by Crippen LogP contribution is -2.39. The molecule has 1 aromatic rings. The second kappa shape index (κ2) is 8.48. The number of benzene rings is 1. The van der Waals surface area contributed by atoms with Gasteiger partial charge in [-0.25, -0.2) is 0 Å². The van der Waals surface area contributed by atoms with Crippen LogP contribution in [0.4, 0.5) is 0 Å². The minimum absolute atomic E-state index is 0.273. The van der Waals surface area contributed by atoms with Gasteiger partial charge in [-0.3, -0.25) is 14.5 Å². The number of primary amides is 1. The fraction of sp³-hybridized carbons (Fsp3) is 0.600. The Hall–Kier alpha value is -1.88. The molecule has 5 nitrogen and oxygen atoms in total. The van der Waals surface area contributed by atoms with E-state index in [9.17, 15) is 9.59 Å². The first-order valence-electron chi connectivity index (χ1n) is 9.50. The maximum absolute atomic E-state index is 12.6. The molecule has 1 atom stereocenters. The Labute approximate surface area is 150 Å². The third-order valence-corrected chi connectivity index (χ3v) is 5.43. The fourth-order valence-electron chi connectivity index (χ4n) is 4.00. The van der Waals surface area contributed by atoms with Crippen molar-refractivity contribution in [2.45, 2.75) is 38.5 Å². The maximum atomic E-state index is 12.6. The standard InChI is InChI=1S/C20H29N3O2/c21-20(25)18-7-5-6-16(13-18)12-17-8-11-23(14-17)19(24)15-22-9-3-1-2-4-10-22/h5-7,13,17H,1-4,8-12,14-15H2,(H2,21,25)/t17-/m0/s1. The minimum Gasteiger partial charge on any atom is -0.366 e. The quantitative estimate of drug-likeness (QED) is 0.890. The van der Waals surface area contributed by atoms with E-state index in [1.165, 1.54) is 25.7 Å². The summed E-state index contributed by atoms with van der Waals surface area (Å²) >= 11 is 0. The van der Waals surface area contributed by atoms with Gasteiger partial charge < -0.3 is 10.6 Å². The van der Waals surface area contributed by atoms with E-state index in [0.29, 0.717) is 18.0 Å². The molecule has 0 bridgehead atoms. The number of carbonyl (C=O) groups excluding carboxylic acids is 2. The highest BCUT2D eigenvalue weighted by molar-refractivity contribution is 5.92. The van der Waals surface area contributed by atoms with E-state index < -0.39 is 0 Å². The van der Waals surface area contributed by atoms with Gasteiger partial charge in [0.1, 0.15) is 0 Å². The van der Waals surface area contributed by atoms with Crippen LogP contribution in [0.25, 0.3) is 0 Å². The largest absolute Gasteiger partial charge is 0.366 e. The molecule has 1 aromatic carbocycles. The zero-order valence-electron chi connectivity index (χ0n) is 15.0. The zero-order valence-corrected chi connectivity index (χ0v) is 15.0.